The van der Waals surface area contributed by atoms with Gasteiger partial charge < -0.3 is 15.7 Å². The highest BCUT2D eigenvalue weighted by atomic mass is 16.3. The minimum atomic E-state index is -0.433. The van der Waals surface area contributed by atoms with Crippen LogP contribution >= 0.6 is 0 Å². The van der Waals surface area contributed by atoms with E-state index in [2.05, 4.69) is 11.9 Å². The highest BCUT2D eigenvalue weighted by molar-refractivity contribution is 4.88. The highest BCUT2D eigenvalue weighted by Gasteiger charge is 2.30. The fourth-order valence-electron chi connectivity index (χ4n) is 1.26. The third-order valence-corrected chi connectivity index (χ3v) is 2.14. The summed E-state index contributed by atoms with van der Waals surface area (Å²) in [6.45, 7) is 2.73. The van der Waals surface area contributed by atoms with Gasteiger partial charge in [0.05, 0.1) is 6.61 Å². The molecule has 0 heterocycles. The molecule has 0 aromatic heterocycles. The first-order valence-electron chi connectivity index (χ1n) is 4.15. The maximum atomic E-state index is 8.89. The van der Waals surface area contributed by atoms with Crippen molar-refractivity contribution in [1.82, 2.24) is 4.90 Å². The fourth-order valence-corrected chi connectivity index (χ4v) is 1.26. The van der Waals surface area contributed by atoms with Crippen LogP contribution in [-0.4, -0.2) is 41.8 Å². The minimum Gasteiger partial charge on any atom is -0.394 e. The zero-order valence-electron chi connectivity index (χ0n) is 7.38. The molecule has 0 amide bonds. The maximum Gasteiger partial charge on any atom is 0.0621 e. The third-order valence-electron chi connectivity index (χ3n) is 2.14. The summed E-state index contributed by atoms with van der Waals surface area (Å²) in [5.74, 6) is 0. The lowest BCUT2D eigenvalue weighted by atomic mass is 10.1. The standard InChI is InChI=1S/C8H18N2O/c1-8(9,6-11)5-10(2)7-3-4-7/h7,11H,3-6,9H2,1-2H3. The van der Waals surface area contributed by atoms with E-state index in [-0.39, 0.29) is 6.61 Å². The van der Waals surface area contributed by atoms with Crippen molar-refractivity contribution in [2.45, 2.75) is 31.3 Å². The van der Waals surface area contributed by atoms with Gasteiger partial charge in [0.2, 0.25) is 0 Å². The van der Waals surface area contributed by atoms with Crippen LogP contribution in [0.25, 0.3) is 0 Å². The lowest BCUT2D eigenvalue weighted by molar-refractivity contribution is 0.159. The average molecular weight is 158 g/mol. The maximum absolute atomic E-state index is 8.89. The molecule has 11 heavy (non-hydrogen) atoms. The third kappa shape index (κ3) is 2.77. The van der Waals surface area contributed by atoms with E-state index in [0.717, 1.165) is 12.6 Å². The fraction of sp³-hybridized carbons (Fsp3) is 1.00. The number of rotatable bonds is 4. The number of likely N-dealkylation sites (N-methyl/N-ethyl adjacent to an activating group) is 1. The van der Waals surface area contributed by atoms with Gasteiger partial charge in [-0.2, -0.15) is 0 Å². The molecule has 0 bridgehead atoms. The predicted octanol–water partition coefficient (Wildman–Crippen LogP) is -0.210. The summed E-state index contributed by atoms with van der Waals surface area (Å²) in [5, 5.41) is 8.89. The molecule has 1 aliphatic rings. The summed E-state index contributed by atoms with van der Waals surface area (Å²) in [7, 11) is 2.07. The molecule has 1 aliphatic carbocycles. The van der Waals surface area contributed by atoms with E-state index in [4.69, 9.17) is 10.8 Å². The number of nitrogens with zero attached hydrogens (tertiary/aromatic N) is 1. The molecule has 3 N–H and O–H groups in total. The number of hydrogen-bond donors (Lipinski definition) is 2. The molecule has 66 valence electrons. The summed E-state index contributed by atoms with van der Waals surface area (Å²) in [6, 6.07) is 0.726. The van der Waals surface area contributed by atoms with Crippen LogP contribution in [0, 0.1) is 0 Å². The summed E-state index contributed by atoms with van der Waals surface area (Å²) in [4.78, 5) is 2.23. The molecule has 1 fully saturated rings. The predicted molar refractivity (Wildman–Crippen MR) is 45.3 cm³/mol. The Labute approximate surface area is 68.2 Å². The topological polar surface area (TPSA) is 49.5 Å². The Morgan fingerprint density at radius 3 is 2.55 bits per heavy atom. The number of hydrogen-bond acceptors (Lipinski definition) is 3. The van der Waals surface area contributed by atoms with Crippen LogP contribution < -0.4 is 5.73 Å². The van der Waals surface area contributed by atoms with E-state index in [1.165, 1.54) is 12.8 Å². The normalized spacial score (nSPS) is 23.7. The first-order chi connectivity index (χ1) is 5.05. The highest BCUT2D eigenvalue weighted by Crippen LogP contribution is 2.25. The Kier molecular flexibility index (Phi) is 2.52. The van der Waals surface area contributed by atoms with E-state index in [9.17, 15) is 0 Å². The first kappa shape index (κ1) is 8.97. The minimum absolute atomic E-state index is 0.0596. The summed E-state index contributed by atoms with van der Waals surface area (Å²) in [5.41, 5.74) is 5.36. The molecule has 1 rings (SSSR count). The van der Waals surface area contributed by atoms with E-state index in [1.54, 1.807) is 0 Å². The summed E-state index contributed by atoms with van der Waals surface area (Å²) < 4.78 is 0. The van der Waals surface area contributed by atoms with Crippen LogP contribution in [0.1, 0.15) is 19.8 Å². The molecule has 1 saturated carbocycles. The molecule has 0 spiro atoms. The molecular weight excluding hydrogens is 140 g/mol. The Balaban J connectivity index is 2.27. The van der Waals surface area contributed by atoms with Crippen LogP contribution in [0.4, 0.5) is 0 Å². The van der Waals surface area contributed by atoms with Crippen molar-refractivity contribution in [3.8, 4) is 0 Å². The second-order valence-corrected chi connectivity index (χ2v) is 3.96. The van der Waals surface area contributed by atoms with Crippen molar-refractivity contribution in [1.29, 1.82) is 0 Å². The van der Waals surface area contributed by atoms with Crippen LogP contribution in [-0.2, 0) is 0 Å². The van der Waals surface area contributed by atoms with E-state index in [1.807, 2.05) is 6.92 Å². The van der Waals surface area contributed by atoms with Crippen LogP contribution in [0.3, 0.4) is 0 Å². The molecule has 0 aliphatic heterocycles. The van der Waals surface area contributed by atoms with Gasteiger partial charge in [-0.05, 0) is 26.8 Å². The van der Waals surface area contributed by atoms with Gasteiger partial charge in [0.25, 0.3) is 0 Å². The first-order valence-corrected chi connectivity index (χ1v) is 4.15. The van der Waals surface area contributed by atoms with E-state index in [0.29, 0.717) is 0 Å². The second-order valence-electron chi connectivity index (χ2n) is 3.96. The van der Waals surface area contributed by atoms with Crippen molar-refractivity contribution in [3.05, 3.63) is 0 Å². The van der Waals surface area contributed by atoms with Crippen molar-refractivity contribution in [2.24, 2.45) is 5.73 Å². The largest absolute Gasteiger partial charge is 0.394 e. The summed E-state index contributed by atoms with van der Waals surface area (Å²) in [6.07, 6.45) is 2.58. The van der Waals surface area contributed by atoms with Crippen molar-refractivity contribution < 1.29 is 5.11 Å². The Hall–Kier alpha value is -0.120. The lowest BCUT2D eigenvalue weighted by Crippen LogP contribution is -2.50. The number of aliphatic hydroxyl groups is 1. The quantitative estimate of drug-likeness (QED) is 0.595. The van der Waals surface area contributed by atoms with Crippen LogP contribution in [0.2, 0.25) is 0 Å². The molecular formula is C8H18N2O. The van der Waals surface area contributed by atoms with Gasteiger partial charge in [0.1, 0.15) is 0 Å². The lowest BCUT2D eigenvalue weighted by Gasteiger charge is -2.28. The molecule has 1 atom stereocenters. The Bertz CT molecular complexity index is 132. The molecule has 3 nitrogen and oxygen atoms in total. The Morgan fingerprint density at radius 2 is 2.18 bits per heavy atom. The smallest absolute Gasteiger partial charge is 0.0621 e. The molecule has 0 aromatic rings. The molecule has 0 aromatic carbocycles. The van der Waals surface area contributed by atoms with Crippen molar-refractivity contribution >= 4 is 0 Å². The van der Waals surface area contributed by atoms with Gasteiger partial charge in [-0.3, -0.25) is 0 Å². The summed E-state index contributed by atoms with van der Waals surface area (Å²) >= 11 is 0. The zero-order valence-corrected chi connectivity index (χ0v) is 7.38. The zero-order chi connectivity index (χ0) is 8.48. The number of aliphatic hydroxyl groups excluding tert-OH is 1. The number of nitrogens with two attached hydrogens (primary N) is 1. The Morgan fingerprint density at radius 1 is 1.64 bits per heavy atom. The molecule has 3 heteroatoms. The van der Waals surface area contributed by atoms with Crippen LogP contribution in [0.15, 0.2) is 0 Å². The second kappa shape index (κ2) is 3.09. The van der Waals surface area contributed by atoms with E-state index >= 15 is 0 Å². The van der Waals surface area contributed by atoms with E-state index < -0.39 is 5.54 Å². The molecule has 0 saturated heterocycles. The molecule has 1 unspecified atom stereocenters. The van der Waals surface area contributed by atoms with Gasteiger partial charge in [-0.1, -0.05) is 0 Å². The van der Waals surface area contributed by atoms with Gasteiger partial charge in [0, 0.05) is 18.1 Å². The average Bonchev–Trinajstić information content (AvgIpc) is 2.67. The van der Waals surface area contributed by atoms with Crippen molar-refractivity contribution in [2.75, 3.05) is 20.2 Å². The SMILES string of the molecule is CN(CC(C)(N)CO)C1CC1. The van der Waals surface area contributed by atoms with Gasteiger partial charge >= 0.3 is 0 Å². The van der Waals surface area contributed by atoms with Gasteiger partial charge in [-0.15, -0.1) is 0 Å². The van der Waals surface area contributed by atoms with Crippen molar-refractivity contribution in [3.63, 3.8) is 0 Å². The monoisotopic (exact) mass is 158 g/mol. The van der Waals surface area contributed by atoms with Gasteiger partial charge in [0.15, 0.2) is 0 Å². The molecule has 0 radical (unpaired) electrons. The van der Waals surface area contributed by atoms with Gasteiger partial charge in [-0.25, -0.2) is 0 Å². The van der Waals surface area contributed by atoms with Crippen LogP contribution in [0.5, 0.6) is 0 Å².